The standard InChI is InChI=1S/C39H51ClN2O4/c1-2-3-4-5-6-7-8-9-10-11-12-13-14-15-19-26-36(43)41-32-29-27-31(28-30-32)37(44)38(46-33-22-17-16-18-23-33)39(45)42-35-25-21-20-24-34(35)40/h16-18,20-25,27-30,38H,2-15,19,26H2,1H3,(H,41,43)(H,42,45)/t38-/m0/s1. The number of hydrogen-bond donors (Lipinski definition) is 2. The normalized spacial score (nSPS) is 11.5. The number of ketones is 1. The summed E-state index contributed by atoms with van der Waals surface area (Å²) in [6, 6.07) is 22.0. The van der Waals surface area contributed by atoms with Crippen LogP contribution >= 0.6 is 11.6 Å². The highest BCUT2D eigenvalue weighted by atomic mass is 35.5. The van der Waals surface area contributed by atoms with Crippen LogP contribution in [0.25, 0.3) is 0 Å². The fourth-order valence-electron chi connectivity index (χ4n) is 5.37. The minimum absolute atomic E-state index is 0.0434. The number of carbonyl (C=O) groups is 3. The van der Waals surface area contributed by atoms with E-state index in [2.05, 4.69) is 17.6 Å². The van der Waals surface area contributed by atoms with Gasteiger partial charge in [0.25, 0.3) is 5.91 Å². The second-order valence-corrected chi connectivity index (χ2v) is 12.4. The minimum atomic E-state index is -1.44. The number of hydrogen-bond acceptors (Lipinski definition) is 4. The van der Waals surface area contributed by atoms with Crippen molar-refractivity contribution in [2.45, 2.75) is 116 Å². The van der Waals surface area contributed by atoms with Crippen molar-refractivity contribution in [1.82, 2.24) is 0 Å². The van der Waals surface area contributed by atoms with E-state index < -0.39 is 17.8 Å². The van der Waals surface area contributed by atoms with E-state index in [1.165, 1.54) is 77.0 Å². The van der Waals surface area contributed by atoms with Gasteiger partial charge in [0.05, 0.1) is 10.7 Å². The largest absolute Gasteiger partial charge is 0.472 e. The van der Waals surface area contributed by atoms with E-state index in [4.69, 9.17) is 16.3 Å². The highest BCUT2D eigenvalue weighted by Gasteiger charge is 2.30. The van der Waals surface area contributed by atoms with Crippen LogP contribution in [0.2, 0.25) is 5.02 Å². The van der Waals surface area contributed by atoms with Crippen molar-refractivity contribution >= 4 is 40.6 Å². The topological polar surface area (TPSA) is 84.5 Å². The zero-order chi connectivity index (χ0) is 32.8. The van der Waals surface area contributed by atoms with E-state index in [0.717, 1.165) is 19.3 Å². The molecule has 7 heteroatoms. The summed E-state index contributed by atoms with van der Waals surface area (Å²) >= 11 is 6.21. The molecule has 2 N–H and O–H groups in total. The predicted molar refractivity (Wildman–Crippen MR) is 190 cm³/mol. The molecule has 0 saturated heterocycles. The predicted octanol–water partition coefficient (Wildman–Crippen LogP) is 10.8. The van der Waals surface area contributed by atoms with Gasteiger partial charge in [0.2, 0.25) is 17.8 Å². The summed E-state index contributed by atoms with van der Waals surface area (Å²) in [4.78, 5) is 39.2. The number of carbonyl (C=O) groups excluding carboxylic acids is 3. The Morgan fingerprint density at radius 1 is 0.630 bits per heavy atom. The maximum Gasteiger partial charge on any atom is 0.273 e. The number of nitrogens with one attached hydrogen (secondary N) is 2. The molecule has 6 nitrogen and oxygen atoms in total. The Hall–Kier alpha value is -3.64. The lowest BCUT2D eigenvalue weighted by Crippen LogP contribution is -2.40. The van der Waals surface area contributed by atoms with Crippen LogP contribution < -0.4 is 15.4 Å². The summed E-state index contributed by atoms with van der Waals surface area (Å²) in [6.07, 6.45) is 18.3. The number of para-hydroxylation sites is 2. The third-order valence-electron chi connectivity index (χ3n) is 8.07. The molecule has 248 valence electrons. The van der Waals surface area contributed by atoms with Crippen molar-refractivity contribution in [3.8, 4) is 5.75 Å². The zero-order valence-corrected chi connectivity index (χ0v) is 28.2. The zero-order valence-electron chi connectivity index (χ0n) is 27.4. The summed E-state index contributed by atoms with van der Waals surface area (Å²) in [5.74, 6) is -0.803. The highest BCUT2D eigenvalue weighted by molar-refractivity contribution is 6.34. The van der Waals surface area contributed by atoms with E-state index in [-0.39, 0.29) is 11.5 Å². The molecule has 1 atom stereocenters. The maximum absolute atomic E-state index is 13.5. The fraction of sp³-hybridized carbons (Fsp3) is 0.462. The Kier molecular flexibility index (Phi) is 17.6. The van der Waals surface area contributed by atoms with Crippen molar-refractivity contribution in [2.24, 2.45) is 0 Å². The van der Waals surface area contributed by atoms with E-state index in [0.29, 0.717) is 28.6 Å². The van der Waals surface area contributed by atoms with Crippen molar-refractivity contribution in [2.75, 3.05) is 10.6 Å². The Morgan fingerprint density at radius 3 is 1.72 bits per heavy atom. The number of amides is 2. The van der Waals surface area contributed by atoms with Crippen LogP contribution in [0.15, 0.2) is 78.9 Å². The molecule has 0 unspecified atom stereocenters. The lowest BCUT2D eigenvalue weighted by Gasteiger charge is -2.18. The van der Waals surface area contributed by atoms with Crippen molar-refractivity contribution in [1.29, 1.82) is 0 Å². The van der Waals surface area contributed by atoms with E-state index in [1.807, 2.05) is 6.07 Å². The first-order valence-electron chi connectivity index (χ1n) is 17.2. The molecule has 0 fully saturated rings. The third-order valence-corrected chi connectivity index (χ3v) is 8.40. The minimum Gasteiger partial charge on any atom is -0.472 e. The molecule has 0 radical (unpaired) electrons. The van der Waals surface area contributed by atoms with Gasteiger partial charge in [-0.2, -0.15) is 0 Å². The Balaban J connectivity index is 1.37. The quantitative estimate of drug-likeness (QED) is 0.0610. The average Bonchev–Trinajstić information content (AvgIpc) is 3.07. The molecule has 0 aliphatic carbocycles. The molecule has 0 spiro atoms. The molecule has 0 heterocycles. The van der Waals surface area contributed by atoms with Gasteiger partial charge < -0.3 is 15.4 Å². The molecular formula is C39H51ClN2O4. The molecule has 0 aliphatic heterocycles. The van der Waals surface area contributed by atoms with Crippen LogP contribution in [-0.2, 0) is 9.59 Å². The van der Waals surface area contributed by atoms with Gasteiger partial charge >= 0.3 is 0 Å². The second kappa shape index (κ2) is 22.0. The van der Waals surface area contributed by atoms with Crippen LogP contribution in [0.1, 0.15) is 120 Å². The molecule has 3 rings (SSSR count). The molecule has 3 aromatic carbocycles. The van der Waals surface area contributed by atoms with Crippen LogP contribution in [0.4, 0.5) is 11.4 Å². The van der Waals surface area contributed by atoms with Crippen LogP contribution in [0, 0.1) is 0 Å². The fourth-order valence-corrected chi connectivity index (χ4v) is 5.55. The first-order valence-corrected chi connectivity index (χ1v) is 17.6. The summed E-state index contributed by atoms with van der Waals surface area (Å²) in [5, 5.41) is 5.96. The lowest BCUT2D eigenvalue weighted by atomic mass is 10.0. The van der Waals surface area contributed by atoms with Crippen molar-refractivity contribution in [3.63, 3.8) is 0 Å². The number of anilines is 2. The van der Waals surface area contributed by atoms with Crippen molar-refractivity contribution in [3.05, 3.63) is 89.4 Å². The monoisotopic (exact) mass is 646 g/mol. The number of unbranched alkanes of at least 4 members (excludes halogenated alkanes) is 14. The van der Waals surface area contributed by atoms with Crippen LogP contribution in [0.3, 0.4) is 0 Å². The summed E-state index contributed by atoms with van der Waals surface area (Å²) < 4.78 is 5.84. The number of Topliss-reactive ketones (excluding diaryl/α,β-unsaturated/α-hetero) is 1. The average molecular weight is 647 g/mol. The van der Waals surface area contributed by atoms with Gasteiger partial charge in [0, 0.05) is 17.7 Å². The van der Waals surface area contributed by atoms with Crippen molar-refractivity contribution < 1.29 is 19.1 Å². The Bertz CT molecular complexity index is 1310. The van der Waals surface area contributed by atoms with Gasteiger partial charge in [-0.25, -0.2) is 0 Å². The smallest absolute Gasteiger partial charge is 0.273 e. The molecular weight excluding hydrogens is 596 g/mol. The number of halogens is 1. The molecule has 46 heavy (non-hydrogen) atoms. The second-order valence-electron chi connectivity index (χ2n) is 12.0. The molecule has 0 saturated carbocycles. The number of rotatable bonds is 23. The van der Waals surface area contributed by atoms with E-state index in [9.17, 15) is 14.4 Å². The molecule has 0 bridgehead atoms. The van der Waals surface area contributed by atoms with Gasteiger partial charge in [-0.3, -0.25) is 14.4 Å². The van der Waals surface area contributed by atoms with Gasteiger partial charge in [-0.1, -0.05) is 139 Å². The van der Waals surface area contributed by atoms with E-state index >= 15 is 0 Å². The number of ether oxygens (including phenoxy) is 1. The first-order chi connectivity index (χ1) is 22.5. The van der Waals surface area contributed by atoms with Gasteiger partial charge in [0.15, 0.2) is 0 Å². The maximum atomic E-state index is 13.5. The summed E-state index contributed by atoms with van der Waals surface area (Å²) in [5.41, 5.74) is 1.27. The SMILES string of the molecule is CCCCCCCCCCCCCCCCCC(=O)Nc1ccc(C(=O)[C@H](Oc2ccccc2)C(=O)Nc2ccccc2Cl)cc1. The lowest BCUT2D eigenvalue weighted by molar-refractivity contribution is -0.121. The van der Waals surface area contributed by atoms with Gasteiger partial charge in [0.1, 0.15) is 5.75 Å². The third kappa shape index (κ3) is 14.2. The molecule has 0 aliphatic rings. The molecule has 0 aromatic heterocycles. The van der Waals surface area contributed by atoms with Crippen LogP contribution in [0.5, 0.6) is 5.75 Å². The molecule has 3 aromatic rings. The van der Waals surface area contributed by atoms with Gasteiger partial charge in [-0.05, 0) is 55.0 Å². The summed E-state index contributed by atoms with van der Waals surface area (Å²) in [7, 11) is 0. The van der Waals surface area contributed by atoms with E-state index in [1.54, 1.807) is 72.8 Å². The highest BCUT2D eigenvalue weighted by Crippen LogP contribution is 2.23. The number of benzene rings is 3. The Morgan fingerprint density at radius 2 is 1.15 bits per heavy atom. The Labute approximate surface area is 280 Å². The molecule has 2 amide bonds. The first kappa shape index (κ1) is 36.8. The summed E-state index contributed by atoms with van der Waals surface area (Å²) in [6.45, 7) is 2.26. The van der Waals surface area contributed by atoms with Gasteiger partial charge in [-0.15, -0.1) is 0 Å². The van der Waals surface area contributed by atoms with Crippen LogP contribution in [-0.4, -0.2) is 23.7 Å².